The van der Waals surface area contributed by atoms with E-state index in [1.54, 1.807) is 18.2 Å². The average molecular weight is 307 g/mol. The predicted molar refractivity (Wildman–Crippen MR) is 71.7 cm³/mol. The molecule has 1 amide bonds. The summed E-state index contributed by atoms with van der Waals surface area (Å²) in [5.74, 6) is 0.456. The molecule has 1 aromatic carbocycles. The van der Waals surface area contributed by atoms with Crippen molar-refractivity contribution >= 4 is 21.8 Å². The molecule has 2 rings (SSSR count). The second-order valence-electron chi connectivity index (χ2n) is 3.74. The van der Waals surface area contributed by atoms with Gasteiger partial charge in [-0.25, -0.2) is 4.98 Å². The highest BCUT2D eigenvalue weighted by molar-refractivity contribution is 9.10. The molecule has 0 saturated heterocycles. The zero-order valence-electron chi connectivity index (χ0n) is 9.68. The van der Waals surface area contributed by atoms with Gasteiger partial charge < -0.3 is 10.5 Å². The van der Waals surface area contributed by atoms with Gasteiger partial charge in [-0.05, 0) is 36.8 Å². The van der Waals surface area contributed by atoms with E-state index in [-0.39, 0.29) is 5.69 Å². The molecule has 5 heteroatoms. The molecule has 0 aliphatic heterocycles. The first-order chi connectivity index (χ1) is 8.56. The van der Waals surface area contributed by atoms with Crippen LogP contribution in [0.2, 0.25) is 0 Å². The Kier molecular flexibility index (Phi) is 3.62. The number of amides is 1. The molecule has 0 aliphatic carbocycles. The summed E-state index contributed by atoms with van der Waals surface area (Å²) in [5, 5.41) is 0. The number of ether oxygens (including phenoxy) is 1. The van der Waals surface area contributed by atoms with E-state index in [9.17, 15) is 4.79 Å². The number of pyridine rings is 1. The van der Waals surface area contributed by atoms with Gasteiger partial charge in [0.05, 0.1) is 0 Å². The van der Waals surface area contributed by atoms with E-state index in [2.05, 4.69) is 20.9 Å². The highest BCUT2D eigenvalue weighted by Crippen LogP contribution is 2.26. The van der Waals surface area contributed by atoms with Gasteiger partial charge in [-0.3, -0.25) is 4.79 Å². The lowest BCUT2D eigenvalue weighted by Crippen LogP contribution is -2.12. The number of nitrogens with zero attached hydrogens (tertiary/aromatic N) is 1. The lowest BCUT2D eigenvalue weighted by Gasteiger charge is -2.08. The van der Waals surface area contributed by atoms with Crippen LogP contribution in [0.15, 0.2) is 40.9 Å². The highest BCUT2D eigenvalue weighted by Gasteiger charge is 2.06. The Morgan fingerprint density at radius 1 is 1.33 bits per heavy atom. The summed E-state index contributed by atoms with van der Waals surface area (Å²) in [7, 11) is 0. The van der Waals surface area contributed by atoms with Gasteiger partial charge in [-0.1, -0.05) is 22.0 Å². The number of primary amides is 1. The molecule has 0 unspecified atom stereocenters. The number of hydrogen-bond acceptors (Lipinski definition) is 3. The Morgan fingerprint density at radius 2 is 2.11 bits per heavy atom. The number of aromatic nitrogens is 1. The van der Waals surface area contributed by atoms with Crippen molar-refractivity contribution in [3.63, 3.8) is 0 Å². The summed E-state index contributed by atoms with van der Waals surface area (Å²) in [5.41, 5.74) is 6.31. The van der Waals surface area contributed by atoms with E-state index in [1.807, 2.05) is 25.1 Å². The van der Waals surface area contributed by atoms with E-state index < -0.39 is 5.91 Å². The molecule has 0 radical (unpaired) electrons. The van der Waals surface area contributed by atoms with Gasteiger partial charge in [-0.15, -0.1) is 0 Å². The third-order valence-corrected chi connectivity index (χ3v) is 2.82. The van der Waals surface area contributed by atoms with Crippen LogP contribution >= 0.6 is 15.9 Å². The monoisotopic (exact) mass is 306 g/mol. The average Bonchev–Trinajstić information content (AvgIpc) is 2.33. The second kappa shape index (κ2) is 5.18. The first-order valence-corrected chi connectivity index (χ1v) is 6.06. The molecule has 1 aromatic heterocycles. The molecule has 92 valence electrons. The molecule has 1 heterocycles. The minimum Gasteiger partial charge on any atom is -0.439 e. The summed E-state index contributed by atoms with van der Waals surface area (Å²) in [6.07, 6.45) is 0. The Hall–Kier alpha value is -1.88. The summed E-state index contributed by atoms with van der Waals surface area (Å²) >= 11 is 3.38. The lowest BCUT2D eigenvalue weighted by molar-refractivity contribution is 0.0995. The second-order valence-corrected chi connectivity index (χ2v) is 4.65. The van der Waals surface area contributed by atoms with Crippen LogP contribution in [-0.2, 0) is 0 Å². The smallest absolute Gasteiger partial charge is 0.267 e. The van der Waals surface area contributed by atoms with Crippen LogP contribution in [0.1, 0.15) is 16.1 Å². The standard InChI is InChI=1S/C13H11BrN2O2/c1-8-7-9(14)5-6-11(8)18-12-4-2-3-10(16-12)13(15)17/h2-7H,1H3,(H2,15,17). The lowest BCUT2D eigenvalue weighted by atomic mass is 10.2. The minimum atomic E-state index is -0.576. The Bertz CT molecular complexity index is 599. The molecule has 2 N–H and O–H groups in total. The third kappa shape index (κ3) is 2.87. The molecular weight excluding hydrogens is 296 g/mol. The Morgan fingerprint density at radius 3 is 2.78 bits per heavy atom. The molecule has 4 nitrogen and oxygen atoms in total. The van der Waals surface area contributed by atoms with Gasteiger partial charge in [0, 0.05) is 10.5 Å². The quantitative estimate of drug-likeness (QED) is 0.948. The molecule has 18 heavy (non-hydrogen) atoms. The van der Waals surface area contributed by atoms with Crippen molar-refractivity contribution in [1.29, 1.82) is 0 Å². The van der Waals surface area contributed by atoms with E-state index in [0.717, 1.165) is 10.0 Å². The van der Waals surface area contributed by atoms with Crippen LogP contribution in [0, 0.1) is 6.92 Å². The van der Waals surface area contributed by atoms with E-state index >= 15 is 0 Å². The highest BCUT2D eigenvalue weighted by atomic mass is 79.9. The number of benzene rings is 1. The van der Waals surface area contributed by atoms with Crippen LogP contribution in [0.4, 0.5) is 0 Å². The molecule has 0 aliphatic rings. The zero-order valence-corrected chi connectivity index (χ0v) is 11.3. The predicted octanol–water partition coefficient (Wildman–Crippen LogP) is 3.04. The Balaban J connectivity index is 2.28. The maximum atomic E-state index is 11.0. The van der Waals surface area contributed by atoms with Crippen LogP contribution in [-0.4, -0.2) is 10.9 Å². The van der Waals surface area contributed by atoms with Gasteiger partial charge in [0.1, 0.15) is 11.4 Å². The number of carbonyl (C=O) groups is 1. The van der Waals surface area contributed by atoms with Crippen molar-refractivity contribution in [2.24, 2.45) is 5.73 Å². The molecule has 2 aromatic rings. The van der Waals surface area contributed by atoms with Crippen molar-refractivity contribution in [1.82, 2.24) is 4.98 Å². The molecular formula is C13H11BrN2O2. The molecule has 0 atom stereocenters. The van der Waals surface area contributed by atoms with Crippen molar-refractivity contribution in [3.05, 3.63) is 52.1 Å². The normalized spacial score (nSPS) is 10.1. The molecule has 0 spiro atoms. The van der Waals surface area contributed by atoms with Gasteiger partial charge in [0.2, 0.25) is 5.88 Å². The molecule has 0 fully saturated rings. The largest absolute Gasteiger partial charge is 0.439 e. The van der Waals surface area contributed by atoms with Gasteiger partial charge in [0.25, 0.3) is 5.91 Å². The van der Waals surface area contributed by atoms with Crippen molar-refractivity contribution in [2.75, 3.05) is 0 Å². The van der Waals surface area contributed by atoms with Gasteiger partial charge in [0.15, 0.2) is 0 Å². The number of halogens is 1. The SMILES string of the molecule is Cc1cc(Br)ccc1Oc1cccc(C(N)=O)n1. The van der Waals surface area contributed by atoms with Crippen LogP contribution in [0.3, 0.4) is 0 Å². The fourth-order valence-electron chi connectivity index (χ4n) is 1.45. The van der Waals surface area contributed by atoms with E-state index in [4.69, 9.17) is 10.5 Å². The molecule has 0 saturated carbocycles. The summed E-state index contributed by atoms with van der Waals surface area (Å²) in [6.45, 7) is 1.93. The first kappa shape index (κ1) is 12.6. The first-order valence-electron chi connectivity index (χ1n) is 5.27. The van der Waals surface area contributed by atoms with Crippen molar-refractivity contribution < 1.29 is 9.53 Å². The van der Waals surface area contributed by atoms with E-state index in [0.29, 0.717) is 11.6 Å². The number of carbonyl (C=O) groups excluding carboxylic acids is 1. The maximum Gasteiger partial charge on any atom is 0.267 e. The number of hydrogen-bond donors (Lipinski definition) is 1. The number of aryl methyl sites for hydroxylation is 1. The fraction of sp³-hybridized carbons (Fsp3) is 0.0769. The van der Waals surface area contributed by atoms with Crippen molar-refractivity contribution in [2.45, 2.75) is 6.92 Å². The van der Waals surface area contributed by atoms with Gasteiger partial charge >= 0.3 is 0 Å². The summed E-state index contributed by atoms with van der Waals surface area (Å²) in [6, 6.07) is 10.5. The fourth-order valence-corrected chi connectivity index (χ4v) is 1.92. The number of nitrogens with two attached hydrogens (primary N) is 1. The third-order valence-electron chi connectivity index (χ3n) is 2.33. The van der Waals surface area contributed by atoms with Crippen LogP contribution in [0.25, 0.3) is 0 Å². The van der Waals surface area contributed by atoms with E-state index in [1.165, 1.54) is 0 Å². The summed E-state index contributed by atoms with van der Waals surface area (Å²) in [4.78, 5) is 15.0. The number of rotatable bonds is 3. The summed E-state index contributed by atoms with van der Waals surface area (Å²) < 4.78 is 6.59. The zero-order chi connectivity index (χ0) is 13.1. The Labute approximate surface area is 113 Å². The maximum absolute atomic E-state index is 11.0. The van der Waals surface area contributed by atoms with Gasteiger partial charge in [-0.2, -0.15) is 0 Å². The van der Waals surface area contributed by atoms with Crippen LogP contribution < -0.4 is 10.5 Å². The topological polar surface area (TPSA) is 65.2 Å². The van der Waals surface area contributed by atoms with Crippen molar-refractivity contribution in [3.8, 4) is 11.6 Å². The molecule has 0 bridgehead atoms. The minimum absolute atomic E-state index is 0.183. The van der Waals surface area contributed by atoms with Crippen LogP contribution in [0.5, 0.6) is 11.6 Å².